The fraction of sp³-hybridized carbons (Fsp3) is 0.429. The molecule has 0 fully saturated rings. The summed E-state index contributed by atoms with van der Waals surface area (Å²) >= 11 is 0. The van der Waals surface area contributed by atoms with Gasteiger partial charge in [0.1, 0.15) is 0 Å². The van der Waals surface area contributed by atoms with E-state index >= 15 is 0 Å². The van der Waals surface area contributed by atoms with Gasteiger partial charge in [0.2, 0.25) is 0 Å². The van der Waals surface area contributed by atoms with Crippen molar-refractivity contribution in [1.82, 2.24) is 20.2 Å². The molecule has 0 aliphatic heterocycles. The van der Waals surface area contributed by atoms with Crippen LogP contribution in [-0.2, 0) is 6.42 Å². The summed E-state index contributed by atoms with van der Waals surface area (Å²) in [7, 11) is 0. The predicted octanol–water partition coefficient (Wildman–Crippen LogP) is 1.91. The van der Waals surface area contributed by atoms with Crippen LogP contribution in [-0.4, -0.2) is 14.8 Å². The molecule has 19 heavy (non-hydrogen) atoms. The van der Waals surface area contributed by atoms with Crippen molar-refractivity contribution >= 4 is 0 Å². The molecule has 0 radical (unpaired) electrons. The lowest BCUT2D eigenvalue weighted by molar-refractivity contribution is 0.502. The molecule has 0 saturated carbocycles. The van der Waals surface area contributed by atoms with E-state index in [4.69, 9.17) is 5.84 Å². The molecule has 2 heterocycles. The van der Waals surface area contributed by atoms with Crippen molar-refractivity contribution < 1.29 is 0 Å². The van der Waals surface area contributed by atoms with Gasteiger partial charge in [-0.15, -0.1) is 0 Å². The largest absolute Gasteiger partial charge is 0.271 e. The topological polar surface area (TPSA) is 68.8 Å². The standard InChI is InChI=1S/C14H21N5/c1-10(2)19-7-5-12(18-19)9-14(17-15)13-8-11(3)4-6-16-13/h4-8,10,14,17H,9,15H2,1-3H3. The minimum Gasteiger partial charge on any atom is -0.271 e. The summed E-state index contributed by atoms with van der Waals surface area (Å²) in [6, 6.07) is 6.40. The number of aryl methyl sites for hydroxylation is 1. The maximum atomic E-state index is 5.64. The molecule has 3 N–H and O–H groups in total. The van der Waals surface area contributed by atoms with Crippen molar-refractivity contribution in [2.45, 2.75) is 39.3 Å². The van der Waals surface area contributed by atoms with Crippen molar-refractivity contribution in [3.63, 3.8) is 0 Å². The number of nitrogens with zero attached hydrogens (tertiary/aromatic N) is 3. The number of hydrogen-bond donors (Lipinski definition) is 2. The Morgan fingerprint density at radius 3 is 2.74 bits per heavy atom. The Bertz CT molecular complexity index is 532. The number of nitrogens with two attached hydrogens (primary N) is 1. The first-order chi connectivity index (χ1) is 9.10. The molecule has 0 aromatic carbocycles. The molecule has 0 saturated heterocycles. The molecular weight excluding hydrogens is 238 g/mol. The predicted molar refractivity (Wildman–Crippen MR) is 75.4 cm³/mol. The number of pyridine rings is 1. The smallest absolute Gasteiger partial charge is 0.0688 e. The van der Waals surface area contributed by atoms with Crippen LogP contribution in [0.25, 0.3) is 0 Å². The summed E-state index contributed by atoms with van der Waals surface area (Å²) in [5.74, 6) is 5.64. The second-order valence-electron chi connectivity index (χ2n) is 5.06. The molecule has 0 amide bonds. The lowest BCUT2D eigenvalue weighted by Crippen LogP contribution is -2.30. The molecule has 0 spiro atoms. The van der Waals surface area contributed by atoms with Gasteiger partial charge in [-0.3, -0.25) is 20.9 Å². The van der Waals surface area contributed by atoms with Gasteiger partial charge < -0.3 is 0 Å². The molecule has 2 aromatic rings. The van der Waals surface area contributed by atoms with E-state index in [1.54, 1.807) is 0 Å². The molecule has 0 aliphatic carbocycles. The van der Waals surface area contributed by atoms with Crippen LogP contribution >= 0.6 is 0 Å². The van der Waals surface area contributed by atoms with Gasteiger partial charge in [-0.1, -0.05) is 0 Å². The van der Waals surface area contributed by atoms with Crippen LogP contribution in [0.3, 0.4) is 0 Å². The molecule has 1 atom stereocenters. The SMILES string of the molecule is Cc1ccnc(C(Cc2ccn(C(C)C)n2)NN)c1. The number of hydrogen-bond acceptors (Lipinski definition) is 4. The zero-order chi connectivity index (χ0) is 13.8. The summed E-state index contributed by atoms with van der Waals surface area (Å²) in [4.78, 5) is 4.37. The first kappa shape index (κ1) is 13.7. The van der Waals surface area contributed by atoms with E-state index in [0.717, 1.165) is 17.8 Å². The monoisotopic (exact) mass is 259 g/mol. The fourth-order valence-corrected chi connectivity index (χ4v) is 1.98. The van der Waals surface area contributed by atoms with Crippen LogP contribution in [0.5, 0.6) is 0 Å². The summed E-state index contributed by atoms with van der Waals surface area (Å²) in [6.07, 6.45) is 4.53. The molecule has 0 bridgehead atoms. The normalized spacial score (nSPS) is 12.9. The van der Waals surface area contributed by atoms with Crippen LogP contribution in [0.4, 0.5) is 0 Å². The second kappa shape index (κ2) is 5.95. The van der Waals surface area contributed by atoms with Crippen molar-refractivity contribution in [2.75, 3.05) is 0 Å². The van der Waals surface area contributed by atoms with Crippen molar-refractivity contribution in [3.8, 4) is 0 Å². The third-order valence-electron chi connectivity index (χ3n) is 3.10. The Balaban J connectivity index is 2.14. The van der Waals surface area contributed by atoms with E-state index in [9.17, 15) is 0 Å². The van der Waals surface area contributed by atoms with Gasteiger partial charge >= 0.3 is 0 Å². The van der Waals surface area contributed by atoms with Crippen LogP contribution in [0, 0.1) is 6.92 Å². The Kier molecular flexibility index (Phi) is 4.29. The molecule has 1 unspecified atom stereocenters. The van der Waals surface area contributed by atoms with Crippen LogP contribution in [0.2, 0.25) is 0 Å². The van der Waals surface area contributed by atoms with E-state index in [1.165, 1.54) is 5.56 Å². The minimum absolute atomic E-state index is 0.0181. The molecule has 5 heteroatoms. The molecule has 5 nitrogen and oxygen atoms in total. The number of hydrazine groups is 1. The zero-order valence-corrected chi connectivity index (χ0v) is 11.7. The Labute approximate surface area is 113 Å². The second-order valence-corrected chi connectivity index (χ2v) is 5.06. The van der Waals surface area contributed by atoms with Gasteiger partial charge in [0.05, 0.1) is 17.4 Å². The quantitative estimate of drug-likeness (QED) is 0.636. The van der Waals surface area contributed by atoms with Crippen LogP contribution < -0.4 is 11.3 Å². The summed E-state index contributed by atoms with van der Waals surface area (Å²) in [5, 5.41) is 4.54. The molecule has 102 valence electrons. The van der Waals surface area contributed by atoms with Crippen LogP contribution in [0.15, 0.2) is 30.6 Å². The van der Waals surface area contributed by atoms with E-state index in [0.29, 0.717) is 6.04 Å². The molecule has 2 aromatic heterocycles. The van der Waals surface area contributed by atoms with E-state index in [1.807, 2.05) is 42.2 Å². The van der Waals surface area contributed by atoms with Crippen LogP contribution in [0.1, 0.15) is 42.9 Å². The molecule has 0 aliphatic rings. The van der Waals surface area contributed by atoms with E-state index in [2.05, 4.69) is 29.4 Å². The lowest BCUT2D eigenvalue weighted by Gasteiger charge is -2.14. The fourth-order valence-electron chi connectivity index (χ4n) is 1.98. The maximum Gasteiger partial charge on any atom is 0.0688 e. The first-order valence-corrected chi connectivity index (χ1v) is 6.53. The van der Waals surface area contributed by atoms with Gasteiger partial charge in [0.25, 0.3) is 0 Å². The highest BCUT2D eigenvalue weighted by atomic mass is 15.3. The summed E-state index contributed by atoms with van der Waals surface area (Å²) in [6.45, 7) is 6.27. The van der Waals surface area contributed by atoms with Gasteiger partial charge in [0.15, 0.2) is 0 Å². The van der Waals surface area contributed by atoms with Crippen molar-refractivity contribution in [3.05, 3.63) is 47.5 Å². The Morgan fingerprint density at radius 2 is 2.16 bits per heavy atom. The molecule has 2 rings (SSSR count). The highest BCUT2D eigenvalue weighted by Gasteiger charge is 2.14. The minimum atomic E-state index is -0.0181. The van der Waals surface area contributed by atoms with Crippen molar-refractivity contribution in [1.29, 1.82) is 0 Å². The average Bonchev–Trinajstić information content (AvgIpc) is 2.84. The van der Waals surface area contributed by atoms with Gasteiger partial charge in [-0.25, -0.2) is 0 Å². The molecular formula is C14H21N5. The maximum absolute atomic E-state index is 5.64. The Hall–Kier alpha value is -1.72. The highest BCUT2D eigenvalue weighted by molar-refractivity contribution is 5.19. The van der Waals surface area contributed by atoms with E-state index < -0.39 is 0 Å². The third kappa shape index (κ3) is 3.39. The summed E-state index contributed by atoms with van der Waals surface area (Å²) < 4.78 is 1.95. The average molecular weight is 259 g/mol. The van der Waals surface area contributed by atoms with Gasteiger partial charge in [-0.05, 0) is 44.5 Å². The number of aromatic nitrogens is 3. The van der Waals surface area contributed by atoms with E-state index in [-0.39, 0.29) is 6.04 Å². The van der Waals surface area contributed by atoms with Crippen molar-refractivity contribution in [2.24, 2.45) is 5.84 Å². The summed E-state index contributed by atoms with van der Waals surface area (Å²) in [5.41, 5.74) is 5.96. The number of nitrogens with one attached hydrogen (secondary N) is 1. The number of rotatable bonds is 5. The van der Waals surface area contributed by atoms with Gasteiger partial charge in [0, 0.05) is 24.9 Å². The zero-order valence-electron chi connectivity index (χ0n) is 11.7. The highest BCUT2D eigenvalue weighted by Crippen LogP contribution is 2.16. The Morgan fingerprint density at radius 1 is 1.37 bits per heavy atom. The first-order valence-electron chi connectivity index (χ1n) is 6.53. The third-order valence-corrected chi connectivity index (χ3v) is 3.10. The van der Waals surface area contributed by atoms with Gasteiger partial charge in [-0.2, -0.15) is 5.10 Å². The lowest BCUT2D eigenvalue weighted by atomic mass is 10.1.